The highest BCUT2D eigenvalue weighted by Gasteiger charge is 2.41. The van der Waals surface area contributed by atoms with Gasteiger partial charge in [-0.3, -0.25) is 14.9 Å². The Kier molecular flexibility index (Phi) is 9.68. The fraction of sp³-hybridized carbons (Fsp3) is 0.571. The van der Waals surface area contributed by atoms with Crippen LogP contribution in [-0.2, 0) is 30.9 Å². The van der Waals surface area contributed by atoms with Crippen molar-refractivity contribution in [2.24, 2.45) is 5.14 Å². The first-order chi connectivity index (χ1) is 16.6. The second kappa shape index (κ2) is 11.9. The number of non-ortho nitro benzene ring substituents is 1. The highest BCUT2D eigenvalue weighted by atomic mass is 32.2. The van der Waals surface area contributed by atoms with Gasteiger partial charge in [0.1, 0.15) is 5.60 Å². The van der Waals surface area contributed by atoms with Gasteiger partial charge in [0.15, 0.2) is 5.12 Å². The highest BCUT2D eigenvalue weighted by Crippen LogP contribution is 2.30. The molecule has 13 nitrogen and oxygen atoms in total. The van der Waals surface area contributed by atoms with E-state index in [2.05, 4.69) is 0 Å². The topological polar surface area (TPSA) is 179 Å². The maximum atomic E-state index is 12.9. The number of hydrogen-bond donors (Lipinski definition) is 1. The molecule has 200 valence electrons. The van der Waals surface area contributed by atoms with E-state index in [1.807, 2.05) is 0 Å². The van der Waals surface area contributed by atoms with Gasteiger partial charge in [-0.2, -0.15) is 12.7 Å². The Morgan fingerprint density at radius 2 is 1.86 bits per heavy atom. The van der Waals surface area contributed by atoms with E-state index < -0.39 is 45.5 Å². The Morgan fingerprint density at radius 3 is 2.36 bits per heavy atom. The number of nitrogens with two attached hydrogens (primary N) is 1. The van der Waals surface area contributed by atoms with Crippen LogP contribution in [0.5, 0.6) is 0 Å². The summed E-state index contributed by atoms with van der Waals surface area (Å²) in [7, 11) is -4.52. The van der Waals surface area contributed by atoms with E-state index in [0.29, 0.717) is 9.87 Å². The number of nitro benzene ring substituents is 1. The van der Waals surface area contributed by atoms with Gasteiger partial charge < -0.3 is 14.4 Å². The van der Waals surface area contributed by atoms with Crippen molar-refractivity contribution in [1.82, 2.24) is 9.21 Å². The molecule has 1 saturated heterocycles. The number of nitro groups is 1. The van der Waals surface area contributed by atoms with Crippen molar-refractivity contribution < 1.29 is 37.2 Å². The van der Waals surface area contributed by atoms with Crippen LogP contribution in [0.2, 0.25) is 0 Å². The number of carbonyl (C=O) groups excluding carboxylic acids is 3. The van der Waals surface area contributed by atoms with Crippen LogP contribution >= 0.6 is 11.8 Å². The van der Waals surface area contributed by atoms with Gasteiger partial charge in [0.2, 0.25) is 0 Å². The minimum Gasteiger partial charge on any atom is -0.449 e. The SMILES string of the molecule is CC(=O)SC1CC(CN(C(=O)OC(C)(C)C)S(N)(=O)=O)N(C(=O)OCCc2ccc([N+](=O)[O-])cc2)C1. The zero-order valence-electron chi connectivity index (χ0n) is 20.4. The van der Waals surface area contributed by atoms with E-state index in [-0.39, 0.29) is 42.0 Å². The summed E-state index contributed by atoms with van der Waals surface area (Å²) in [6.07, 6.45) is -1.43. The number of thioether (sulfide) groups is 1. The van der Waals surface area contributed by atoms with Crippen LogP contribution in [0.3, 0.4) is 0 Å². The van der Waals surface area contributed by atoms with Crippen LogP contribution in [0.4, 0.5) is 15.3 Å². The van der Waals surface area contributed by atoms with Gasteiger partial charge in [-0.25, -0.2) is 14.7 Å². The number of rotatable bonds is 8. The number of hydrogen-bond acceptors (Lipinski definition) is 10. The molecular weight excluding hydrogens is 516 g/mol. The van der Waals surface area contributed by atoms with Gasteiger partial charge in [-0.1, -0.05) is 23.9 Å². The molecule has 1 aromatic carbocycles. The van der Waals surface area contributed by atoms with E-state index in [4.69, 9.17) is 14.6 Å². The molecule has 2 unspecified atom stereocenters. The third-order valence-electron chi connectivity index (χ3n) is 4.99. The molecule has 0 aliphatic carbocycles. The zero-order chi connectivity index (χ0) is 27.3. The normalized spacial score (nSPS) is 18.0. The molecule has 1 aliphatic heterocycles. The minimum atomic E-state index is -4.52. The summed E-state index contributed by atoms with van der Waals surface area (Å²) in [4.78, 5) is 48.5. The van der Waals surface area contributed by atoms with E-state index in [9.17, 15) is 32.9 Å². The predicted molar refractivity (Wildman–Crippen MR) is 131 cm³/mol. The maximum absolute atomic E-state index is 12.9. The Bertz CT molecular complexity index is 1090. The first-order valence-corrected chi connectivity index (χ1v) is 13.3. The average molecular weight is 547 g/mol. The number of nitrogens with zero attached hydrogens (tertiary/aromatic N) is 3. The molecule has 0 saturated carbocycles. The molecule has 2 amide bonds. The third-order valence-corrected chi connectivity index (χ3v) is 6.91. The Hall–Kier alpha value is -2.91. The molecule has 1 heterocycles. The lowest BCUT2D eigenvalue weighted by Gasteiger charge is -2.30. The second-order valence-electron chi connectivity index (χ2n) is 9.12. The number of benzene rings is 1. The molecule has 0 aromatic heterocycles. The van der Waals surface area contributed by atoms with Gasteiger partial charge in [0.25, 0.3) is 5.69 Å². The quantitative estimate of drug-likeness (QED) is 0.376. The highest BCUT2D eigenvalue weighted by molar-refractivity contribution is 8.14. The fourth-order valence-electron chi connectivity index (χ4n) is 3.50. The summed E-state index contributed by atoms with van der Waals surface area (Å²) in [5, 5.41) is 15.5. The largest absolute Gasteiger partial charge is 0.449 e. The van der Waals surface area contributed by atoms with Crippen LogP contribution in [0.1, 0.15) is 39.7 Å². The predicted octanol–water partition coefficient (Wildman–Crippen LogP) is 2.44. The van der Waals surface area contributed by atoms with Gasteiger partial charge in [-0.15, -0.1) is 0 Å². The van der Waals surface area contributed by atoms with Crippen molar-refractivity contribution in [2.45, 2.75) is 57.4 Å². The Labute approximate surface area is 213 Å². The van der Waals surface area contributed by atoms with E-state index in [1.165, 1.54) is 24.0 Å². The molecule has 1 aliphatic rings. The van der Waals surface area contributed by atoms with Crippen molar-refractivity contribution in [3.8, 4) is 0 Å². The summed E-state index contributed by atoms with van der Waals surface area (Å²) < 4.78 is 35.1. The molecule has 0 spiro atoms. The van der Waals surface area contributed by atoms with Gasteiger partial charge in [-0.05, 0) is 32.8 Å². The monoisotopic (exact) mass is 546 g/mol. The smallest absolute Gasteiger partial charge is 0.425 e. The van der Waals surface area contributed by atoms with Crippen molar-refractivity contribution >= 4 is 45.0 Å². The van der Waals surface area contributed by atoms with Crippen LogP contribution in [0, 0.1) is 10.1 Å². The number of ether oxygens (including phenoxy) is 2. The van der Waals surface area contributed by atoms with Crippen LogP contribution in [0.15, 0.2) is 24.3 Å². The summed E-state index contributed by atoms with van der Waals surface area (Å²) in [6, 6.07) is 4.98. The fourth-order valence-corrected chi connectivity index (χ4v) is 5.15. The summed E-state index contributed by atoms with van der Waals surface area (Å²) in [6.45, 7) is 5.65. The van der Waals surface area contributed by atoms with E-state index in [1.54, 1.807) is 32.9 Å². The molecule has 2 rings (SSSR count). The minimum absolute atomic E-state index is 0.0463. The first kappa shape index (κ1) is 29.3. The van der Waals surface area contributed by atoms with Gasteiger partial charge in [0.05, 0.1) is 24.1 Å². The Balaban J connectivity index is 2.12. The third kappa shape index (κ3) is 8.95. The van der Waals surface area contributed by atoms with Gasteiger partial charge >= 0.3 is 22.4 Å². The standard InChI is InChI=1S/C21H30N4O9S2/c1-14(26)35-18-11-17(12-24(36(22,31)32)20(28)34-21(2,3)4)23(13-18)19(27)33-10-9-15-5-7-16(8-6-15)25(29)30/h5-8,17-18H,9-13H2,1-4H3,(H2,22,31,32). The van der Waals surface area contributed by atoms with Crippen LogP contribution in [-0.4, -0.2) is 76.4 Å². The summed E-state index contributed by atoms with van der Waals surface area (Å²) in [5.74, 6) is 0. The Morgan fingerprint density at radius 1 is 1.25 bits per heavy atom. The van der Waals surface area contributed by atoms with Crippen LogP contribution < -0.4 is 5.14 Å². The summed E-state index contributed by atoms with van der Waals surface area (Å²) >= 11 is 1.01. The molecule has 1 aromatic rings. The lowest BCUT2D eigenvalue weighted by Crippen LogP contribution is -2.51. The van der Waals surface area contributed by atoms with Crippen molar-refractivity contribution in [2.75, 3.05) is 19.7 Å². The van der Waals surface area contributed by atoms with Crippen molar-refractivity contribution in [3.05, 3.63) is 39.9 Å². The summed E-state index contributed by atoms with van der Waals surface area (Å²) in [5.41, 5.74) is -0.338. The number of likely N-dealkylation sites (tertiary alicyclic amines) is 1. The molecule has 0 bridgehead atoms. The molecule has 15 heteroatoms. The maximum Gasteiger partial charge on any atom is 0.425 e. The molecule has 2 N–H and O–H groups in total. The molecule has 36 heavy (non-hydrogen) atoms. The second-order valence-corrected chi connectivity index (χ2v) is 12.1. The van der Waals surface area contributed by atoms with E-state index in [0.717, 1.165) is 11.8 Å². The number of carbonyl (C=O) groups is 3. The van der Waals surface area contributed by atoms with Gasteiger partial charge in [0, 0.05) is 37.3 Å². The van der Waals surface area contributed by atoms with Crippen molar-refractivity contribution in [3.63, 3.8) is 0 Å². The average Bonchev–Trinajstić information content (AvgIpc) is 3.11. The molecule has 0 radical (unpaired) electrons. The zero-order valence-corrected chi connectivity index (χ0v) is 22.0. The van der Waals surface area contributed by atoms with Crippen LogP contribution in [0.25, 0.3) is 0 Å². The molecule has 1 fully saturated rings. The van der Waals surface area contributed by atoms with E-state index >= 15 is 0 Å². The first-order valence-electron chi connectivity index (χ1n) is 10.9. The molecule has 2 atom stereocenters. The number of amides is 2. The molecular formula is C21H30N4O9S2. The lowest BCUT2D eigenvalue weighted by atomic mass is 10.1. The lowest BCUT2D eigenvalue weighted by molar-refractivity contribution is -0.384. The van der Waals surface area contributed by atoms with Crippen molar-refractivity contribution in [1.29, 1.82) is 0 Å².